The molecule has 1 unspecified atom stereocenters. The summed E-state index contributed by atoms with van der Waals surface area (Å²) >= 11 is 0. The number of aromatic nitrogens is 1. The molecule has 1 atom stereocenters. The molecular formula is C16H20N2O2. The van der Waals surface area contributed by atoms with Crippen LogP contribution in [0.5, 0.6) is 5.75 Å². The van der Waals surface area contributed by atoms with Crippen LogP contribution in [0.1, 0.15) is 12.8 Å². The van der Waals surface area contributed by atoms with Gasteiger partial charge in [0.15, 0.2) is 0 Å². The van der Waals surface area contributed by atoms with Crippen LogP contribution in [-0.2, 0) is 0 Å². The molecule has 1 saturated heterocycles. The Morgan fingerprint density at radius 2 is 2.20 bits per heavy atom. The summed E-state index contributed by atoms with van der Waals surface area (Å²) in [7, 11) is 0. The largest absolute Gasteiger partial charge is 0.490 e. The summed E-state index contributed by atoms with van der Waals surface area (Å²) in [6.07, 6.45) is 4.05. The van der Waals surface area contributed by atoms with Crippen molar-refractivity contribution in [2.24, 2.45) is 0 Å². The van der Waals surface area contributed by atoms with E-state index < -0.39 is 0 Å². The van der Waals surface area contributed by atoms with E-state index in [2.05, 4.69) is 9.88 Å². The number of ether oxygens (including phenoxy) is 1. The molecular weight excluding hydrogens is 252 g/mol. The van der Waals surface area contributed by atoms with Gasteiger partial charge in [0.1, 0.15) is 17.9 Å². The molecule has 0 bridgehead atoms. The standard InChI is InChI=1S/C16H20N2O2/c19-12-14-6-3-9-18(14)10-11-20-15-7-1-4-13-5-2-8-17-16(13)15/h1-2,4-5,7-8,14,19H,3,6,9-12H2. The number of likely N-dealkylation sites (tertiary alicyclic amines) is 1. The number of nitrogens with zero attached hydrogens (tertiary/aromatic N) is 2. The van der Waals surface area contributed by atoms with Crippen molar-refractivity contribution in [2.75, 3.05) is 26.3 Å². The molecule has 1 aliphatic rings. The third kappa shape index (κ3) is 2.76. The number of benzene rings is 1. The first-order valence-electron chi connectivity index (χ1n) is 7.20. The van der Waals surface area contributed by atoms with Gasteiger partial charge in [-0.05, 0) is 31.5 Å². The first kappa shape index (κ1) is 13.3. The van der Waals surface area contributed by atoms with Crippen molar-refractivity contribution in [2.45, 2.75) is 18.9 Å². The molecule has 2 heterocycles. The SMILES string of the molecule is OCC1CCCN1CCOc1cccc2cccnc12. The Balaban J connectivity index is 1.63. The highest BCUT2D eigenvalue weighted by Gasteiger charge is 2.23. The predicted molar refractivity (Wildman–Crippen MR) is 78.9 cm³/mol. The fourth-order valence-electron chi connectivity index (χ4n) is 2.86. The van der Waals surface area contributed by atoms with Crippen LogP contribution in [0.2, 0.25) is 0 Å². The van der Waals surface area contributed by atoms with Crippen LogP contribution >= 0.6 is 0 Å². The number of rotatable bonds is 5. The summed E-state index contributed by atoms with van der Waals surface area (Å²) in [5.41, 5.74) is 0.912. The van der Waals surface area contributed by atoms with E-state index in [4.69, 9.17) is 4.74 Å². The predicted octanol–water partition coefficient (Wildman–Crippen LogP) is 2.07. The van der Waals surface area contributed by atoms with Gasteiger partial charge in [0.25, 0.3) is 0 Å². The van der Waals surface area contributed by atoms with E-state index in [0.717, 1.165) is 36.2 Å². The Morgan fingerprint density at radius 3 is 3.10 bits per heavy atom. The fourth-order valence-corrected chi connectivity index (χ4v) is 2.86. The Morgan fingerprint density at radius 1 is 1.30 bits per heavy atom. The molecule has 1 N–H and O–H groups in total. The Hall–Kier alpha value is -1.65. The average molecular weight is 272 g/mol. The van der Waals surface area contributed by atoms with Gasteiger partial charge < -0.3 is 9.84 Å². The summed E-state index contributed by atoms with van der Waals surface area (Å²) in [5, 5.41) is 10.4. The minimum atomic E-state index is 0.246. The second kappa shape index (κ2) is 6.20. The highest BCUT2D eigenvalue weighted by Crippen LogP contribution is 2.23. The number of para-hydroxylation sites is 1. The normalized spacial score (nSPS) is 19.6. The zero-order chi connectivity index (χ0) is 13.8. The maximum atomic E-state index is 9.30. The molecule has 4 nitrogen and oxygen atoms in total. The number of aliphatic hydroxyl groups excluding tert-OH is 1. The van der Waals surface area contributed by atoms with Crippen molar-refractivity contribution in [3.63, 3.8) is 0 Å². The molecule has 20 heavy (non-hydrogen) atoms. The smallest absolute Gasteiger partial charge is 0.145 e. The van der Waals surface area contributed by atoms with Crippen molar-refractivity contribution >= 4 is 10.9 Å². The van der Waals surface area contributed by atoms with E-state index in [-0.39, 0.29) is 6.61 Å². The van der Waals surface area contributed by atoms with Crippen molar-refractivity contribution in [3.8, 4) is 5.75 Å². The van der Waals surface area contributed by atoms with Crippen LogP contribution < -0.4 is 4.74 Å². The van der Waals surface area contributed by atoms with Gasteiger partial charge in [0.2, 0.25) is 0 Å². The molecule has 106 valence electrons. The number of hydrogen-bond donors (Lipinski definition) is 1. The maximum absolute atomic E-state index is 9.30. The zero-order valence-corrected chi connectivity index (χ0v) is 11.5. The van der Waals surface area contributed by atoms with Gasteiger partial charge in [-0.25, -0.2) is 0 Å². The molecule has 1 aliphatic heterocycles. The monoisotopic (exact) mass is 272 g/mol. The first-order valence-corrected chi connectivity index (χ1v) is 7.20. The molecule has 1 fully saturated rings. The lowest BCUT2D eigenvalue weighted by Gasteiger charge is -2.22. The fraction of sp³-hybridized carbons (Fsp3) is 0.438. The first-order chi connectivity index (χ1) is 9.88. The molecule has 0 radical (unpaired) electrons. The molecule has 0 spiro atoms. The number of hydrogen-bond acceptors (Lipinski definition) is 4. The highest BCUT2D eigenvalue weighted by atomic mass is 16.5. The minimum absolute atomic E-state index is 0.246. The second-order valence-corrected chi connectivity index (χ2v) is 5.19. The van der Waals surface area contributed by atoms with Crippen molar-refractivity contribution < 1.29 is 9.84 Å². The van der Waals surface area contributed by atoms with Gasteiger partial charge in [-0.1, -0.05) is 18.2 Å². The second-order valence-electron chi connectivity index (χ2n) is 5.19. The van der Waals surface area contributed by atoms with Crippen LogP contribution in [0.15, 0.2) is 36.5 Å². The Labute approximate surface area is 119 Å². The van der Waals surface area contributed by atoms with E-state index in [1.165, 1.54) is 6.42 Å². The van der Waals surface area contributed by atoms with Crippen molar-refractivity contribution in [3.05, 3.63) is 36.5 Å². The summed E-state index contributed by atoms with van der Waals surface area (Å²) in [4.78, 5) is 6.69. The third-order valence-corrected chi connectivity index (χ3v) is 3.94. The molecule has 0 amide bonds. The van der Waals surface area contributed by atoms with E-state index in [9.17, 15) is 5.11 Å². The molecule has 1 aromatic heterocycles. The molecule has 4 heteroatoms. The van der Waals surface area contributed by atoms with E-state index >= 15 is 0 Å². The number of aliphatic hydroxyl groups is 1. The van der Waals surface area contributed by atoms with E-state index in [1.807, 2.05) is 30.3 Å². The molecule has 1 aromatic carbocycles. The summed E-state index contributed by atoms with van der Waals surface area (Å²) < 4.78 is 5.89. The van der Waals surface area contributed by atoms with E-state index in [0.29, 0.717) is 12.6 Å². The zero-order valence-electron chi connectivity index (χ0n) is 11.5. The van der Waals surface area contributed by atoms with Crippen molar-refractivity contribution in [1.82, 2.24) is 9.88 Å². The van der Waals surface area contributed by atoms with Gasteiger partial charge in [0, 0.05) is 24.2 Å². The summed E-state index contributed by atoms with van der Waals surface area (Å²) in [5.74, 6) is 0.836. The number of pyridine rings is 1. The van der Waals surface area contributed by atoms with Gasteiger partial charge in [-0.3, -0.25) is 9.88 Å². The van der Waals surface area contributed by atoms with Crippen molar-refractivity contribution in [1.29, 1.82) is 0 Å². The highest BCUT2D eigenvalue weighted by molar-refractivity contribution is 5.84. The quantitative estimate of drug-likeness (QED) is 0.905. The van der Waals surface area contributed by atoms with Crippen LogP contribution in [-0.4, -0.2) is 47.3 Å². The van der Waals surface area contributed by atoms with Crippen LogP contribution in [0.3, 0.4) is 0 Å². The third-order valence-electron chi connectivity index (χ3n) is 3.94. The lowest BCUT2D eigenvalue weighted by molar-refractivity contribution is 0.140. The topological polar surface area (TPSA) is 45.6 Å². The van der Waals surface area contributed by atoms with Crippen LogP contribution in [0.4, 0.5) is 0 Å². The summed E-state index contributed by atoms with van der Waals surface area (Å²) in [6, 6.07) is 10.3. The van der Waals surface area contributed by atoms with Crippen LogP contribution in [0.25, 0.3) is 10.9 Å². The Bertz CT molecular complexity index is 568. The summed E-state index contributed by atoms with van der Waals surface area (Å²) in [6.45, 7) is 2.79. The van der Waals surface area contributed by atoms with Gasteiger partial charge >= 0.3 is 0 Å². The minimum Gasteiger partial charge on any atom is -0.490 e. The molecule has 0 aliphatic carbocycles. The molecule has 2 aromatic rings. The number of fused-ring (bicyclic) bond motifs is 1. The molecule has 3 rings (SSSR count). The van der Waals surface area contributed by atoms with Gasteiger partial charge in [0.05, 0.1) is 6.61 Å². The lowest BCUT2D eigenvalue weighted by Crippen LogP contribution is -2.35. The lowest BCUT2D eigenvalue weighted by atomic mass is 10.2. The Kier molecular flexibility index (Phi) is 4.14. The van der Waals surface area contributed by atoms with Gasteiger partial charge in [-0.2, -0.15) is 0 Å². The molecule has 0 saturated carbocycles. The van der Waals surface area contributed by atoms with Crippen LogP contribution in [0, 0.1) is 0 Å². The van der Waals surface area contributed by atoms with E-state index in [1.54, 1.807) is 6.20 Å². The average Bonchev–Trinajstić information content (AvgIpc) is 2.95. The maximum Gasteiger partial charge on any atom is 0.145 e. The van der Waals surface area contributed by atoms with Gasteiger partial charge in [-0.15, -0.1) is 0 Å².